The van der Waals surface area contributed by atoms with Gasteiger partial charge in [-0.05, 0) is 19.9 Å². The van der Waals surface area contributed by atoms with Crippen molar-refractivity contribution in [3.8, 4) is 17.4 Å². The molecule has 0 aliphatic carbocycles. The molecule has 0 spiro atoms. The summed E-state index contributed by atoms with van der Waals surface area (Å²) in [5, 5.41) is 7.52. The number of para-hydroxylation sites is 1. The molecule has 2 heterocycles. The van der Waals surface area contributed by atoms with E-state index in [1.165, 1.54) is 12.4 Å². The predicted molar refractivity (Wildman–Crippen MR) is 78.0 cm³/mol. The molecule has 1 aromatic heterocycles. The van der Waals surface area contributed by atoms with Crippen molar-refractivity contribution in [3.05, 3.63) is 41.9 Å². The number of nitrogen functional groups attached to an aromatic ring is 1. The molecule has 0 amide bonds. The van der Waals surface area contributed by atoms with Gasteiger partial charge in [0, 0.05) is 24.4 Å². The molecule has 0 atom stereocenters. The van der Waals surface area contributed by atoms with Crippen LogP contribution in [0.25, 0.3) is 0 Å². The zero-order valence-corrected chi connectivity index (χ0v) is 11.9. The van der Waals surface area contributed by atoms with Crippen molar-refractivity contribution in [2.24, 2.45) is 5.73 Å². The Morgan fingerprint density at radius 3 is 2.86 bits per heavy atom. The minimum Gasteiger partial charge on any atom is -0.483 e. The van der Waals surface area contributed by atoms with Crippen LogP contribution in [-0.4, -0.2) is 21.4 Å². The average molecular weight is 284 g/mol. The third kappa shape index (κ3) is 2.52. The van der Waals surface area contributed by atoms with Crippen LogP contribution in [0.3, 0.4) is 0 Å². The minimum atomic E-state index is -0.256. The Hall–Kier alpha value is -2.63. The molecular formula is C15H16N4O2. The van der Waals surface area contributed by atoms with Gasteiger partial charge in [0.15, 0.2) is 17.2 Å². The number of benzene rings is 1. The van der Waals surface area contributed by atoms with E-state index >= 15 is 0 Å². The molecule has 1 aliphatic heterocycles. The van der Waals surface area contributed by atoms with Crippen LogP contribution in [0.1, 0.15) is 25.1 Å². The van der Waals surface area contributed by atoms with Gasteiger partial charge in [0.25, 0.3) is 0 Å². The van der Waals surface area contributed by atoms with E-state index in [0.29, 0.717) is 11.5 Å². The number of hydrogen-bond acceptors (Lipinski definition) is 5. The van der Waals surface area contributed by atoms with Crippen LogP contribution in [0.2, 0.25) is 0 Å². The van der Waals surface area contributed by atoms with Gasteiger partial charge in [0.2, 0.25) is 5.88 Å². The van der Waals surface area contributed by atoms with E-state index in [-0.39, 0.29) is 23.0 Å². The monoisotopic (exact) mass is 284 g/mol. The lowest BCUT2D eigenvalue weighted by Crippen LogP contribution is -2.24. The third-order valence-corrected chi connectivity index (χ3v) is 3.18. The van der Waals surface area contributed by atoms with Crippen molar-refractivity contribution in [3.63, 3.8) is 0 Å². The summed E-state index contributed by atoms with van der Waals surface area (Å²) in [5.41, 5.74) is 6.54. The summed E-state index contributed by atoms with van der Waals surface area (Å²) in [6.07, 6.45) is 3.79. The van der Waals surface area contributed by atoms with Crippen molar-refractivity contribution in [1.82, 2.24) is 9.97 Å². The second kappa shape index (κ2) is 4.73. The molecule has 3 rings (SSSR count). The van der Waals surface area contributed by atoms with Crippen molar-refractivity contribution in [2.75, 3.05) is 0 Å². The number of ether oxygens (including phenoxy) is 2. The molecule has 0 saturated heterocycles. The lowest BCUT2D eigenvalue weighted by atomic mass is 10.0. The van der Waals surface area contributed by atoms with E-state index in [4.69, 9.17) is 20.6 Å². The zero-order valence-electron chi connectivity index (χ0n) is 11.9. The Morgan fingerprint density at radius 2 is 2.10 bits per heavy atom. The smallest absolute Gasteiger partial charge is 0.249 e. The van der Waals surface area contributed by atoms with Crippen LogP contribution < -0.4 is 15.2 Å². The molecule has 0 radical (unpaired) electrons. The zero-order chi connectivity index (χ0) is 15.0. The van der Waals surface area contributed by atoms with Gasteiger partial charge in [0.05, 0.1) is 0 Å². The van der Waals surface area contributed by atoms with Crippen LogP contribution in [0.4, 0.5) is 0 Å². The number of aromatic nitrogens is 2. The predicted octanol–water partition coefficient (Wildman–Crippen LogP) is 2.27. The van der Waals surface area contributed by atoms with Gasteiger partial charge in [0.1, 0.15) is 11.4 Å². The average Bonchev–Trinajstić information content (AvgIpc) is 2.74. The molecule has 108 valence electrons. The molecule has 0 saturated carbocycles. The van der Waals surface area contributed by atoms with E-state index in [9.17, 15) is 0 Å². The molecular weight excluding hydrogens is 268 g/mol. The molecule has 6 nitrogen and oxygen atoms in total. The standard InChI is InChI=1S/C15H16N4O2/c1-15(2)8-9-4-3-5-10(12(9)21-15)20-14-11(13(16)17)18-6-7-19-14/h3-7H,8H2,1-2H3,(H3,16,17). The molecule has 6 heteroatoms. The minimum absolute atomic E-state index is 0.188. The fourth-order valence-electron chi connectivity index (χ4n) is 2.36. The maximum atomic E-state index is 7.52. The van der Waals surface area contributed by atoms with Gasteiger partial charge in [-0.2, -0.15) is 0 Å². The van der Waals surface area contributed by atoms with Crippen LogP contribution >= 0.6 is 0 Å². The Kier molecular flexibility index (Phi) is 3.01. The summed E-state index contributed by atoms with van der Waals surface area (Å²) >= 11 is 0. The number of hydrogen-bond donors (Lipinski definition) is 2. The Labute approximate surface area is 122 Å². The summed E-state index contributed by atoms with van der Waals surface area (Å²) in [5.74, 6) is 1.28. The highest BCUT2D eigenvalue weighted by molar-refractivity contribution is 5.95. The van der Waals surface area contributed by atoms with E-state index < -0.39 is 0 Å². The summed E-state index contributed by atoms with van der Waals surface area (Å²) in [4.78, 5) is 8.11. The Balaban J connectivity index is 1.98. The summed E-state index contributed by atoms with van der Waals surface area (Å²) < 4.78 is 11.7. The van der Waals surface area contributed by atoms with Crippen LogP contribution in [0.5, 0.6) is 17.4 Å². The number of fused-ring (bicyclic) bond motifs is 1. The van der Waals surface area contributed by atoms with Crippen molar-refractivity contribution >= 4 is 5.84 Å². The van der Waals surface area contributed by atoms with Crippen molar-refractivity contribution in [2.45, 2.75) is 25.9 Å². The maximum Gasteiger partial charge on any atom is 0.249 e. The molecule has 1 aromatic carbocycles. The first kappa shape index (κ1) is 13.4. The second-order valence-electron chi connectivity index (χ2n) is 5.51. The summed E-state index contributed by atoms with van der Waals surface area (Å²) in [6, 6.07) is 5.72. The number of amidine groups is 1. The lowest BCUT2D eigenvalue weighted by molar-refractivity contribution is 0.135. The van der Waals surface area contributed by atoms with E-state index in [1.54, 1.807) is 6.07 Å². The van der Waals surface area contributed by atoms with Gasteiger partial charge < -0.3 is 15.2 Å². The molecule has 0 bridgehead atoms. The SMILES string of the molecule is CC1(C)Cc2cccc(Oc3nccnc3C(=N)N)c2O1. The summed E-state index contributed by atoms with van der Waals surface area (Å²) in [6.45, 7) is 4.06. The Morgan fingerprint density at radius 1 is 1.33 bits per heavy atom. The maximum absolute atomic E-state index is 7.52. The highest BCUT2D eigenvalue weighted by atomic mass is 16.5. The van der Waals surface area contributed by atoms with Gasteiger partial charge in [-0.25, -0.2) is 9.97 Å². The van der Waals surface area contributed by atoms with Crippen LogP contribution in [0, 0.1) is 5.41 Å². The first-order valence-electron chi connectivity index (χ1n) is 6.60. The normalized spacial score (nSPS) is 15.1. The van der Waals surface area contributed by atoms with Crippen molar-refractivity contribution < 1.29 is 9.47 Å². The van der Waals surface area contributed by atoms with Gasteiger partial charge in [-0.3, -0.25) is 5.41 Å². The quantitative estimate of drug-likeness (QED) is 0.666. The fourth-order valence-corrected chi connectivity index (χ4v) is 2.36. The largest absolute Gasteiger partial charge is 0.483 e. The molecule has 0 unspecified atom stereocenters. The first-order chi connectivity index (χ1) is 9.96. The fraction of sp³-hybridized carbons (Fsp3) is 0.267. The highest BCUT2D eigenvalue weighted by Crippen LogP contribution is 2.43. The third-order valence-electron chi connectivity index (χ3n) is 3.18. The number of nitrogens with one attached hydrogen (secondary N) is 1. The molecule has 3 N–H and O–H groups in total. The van der Waals surface area contributed by atoms with Crippen LogP contribution in [-0.2, 0) is 6.42 Å². The first-order valence-corrected chi connectivity index (χ1v) is 6.60. The van der Waals surface area contributed by atoms with Gasteiger partial charge in [-0.15, -0.1) is 0 Å². The van der Waals surface area contributed by atoms with E-state index in [0.717, 1.165) is 12.0 Å². The second-order valence-corrected chi connectivity index (χ2v) is 5.51. The lowest BCUT2D eigenvalue weighted by Gasteiger charge is -2.18. The molecule has 1 aliphatic rings. The highest BCUT2D eigenvalue weighted by Gasteiger charge is 2.32. The molecule has 2 aromatic rings. The van der Waals surface area contributed by atoms with E-state index in [2.05, 4.69) is 9.97 Å². The van der Waals surface area contributed by atoms with Gasteiger partial charge >= 0.3 is 0 Å². The summed E-state index contributed by atoms with van der Waals surface area (Å²) in [7, 11) is 0. The molecule has 0 fully saturated rings. The van der Waals surface area contributed by atoms with Gasteiger partial charge in [-0.1, -0.05) is 12.1 Å². The Bertz CT molecular complexity index is 713. The van der Waals surface area contributed by atoms with E-state index in [1.807, 2.05) is 26.0 Å². The molecule has 21 heavy (non-hydrogen) atoms. The van der Waals surface area contributed by atoms with Crippen LogP contribution in [0.15, 0.2) is 30.6 Å². The number of rotatable bonds is 3. The number of nitrogens with two attached hydrogens (primary N) is 1. The van der Waals surface area contributed by atoms with Crippen molar-refractivity contribution in [1.29, 1.82) is 5.41 Å². The number of nitrogens with zero attached hydrogens (tertiary/aromatic N) is 2. The topological polar surface area (TPSA) is 94.1 Å².